The average molecular weight is 125 g/mol. The first-order chi connectivity index (χ1) is 3.80. The van der Waals surface area contributed by atoms with Crippen molar-refractivity contribution in [3.63, 3.8) is 0 Å². The number of hydrogen-bond donors (Lipinski definition) is 2. The van der Waals surface area contributed by atoms with E-state index in [1.165, 1.54) is 0 Å². The lowest BCUT2D eigenvalue weighted by Crippen LogP contribution is -1.82. The summed E-state index contributed by atoms with van der Waals surface area (Å²) in [6, 6.07) is 6.70. The van der Waals surface area contributed by atoms with E-state index >= 15 is 0 Å². The topological polar surface area (TPSA) is 46.2 Å². The fraction of sp³-hybridized carbons (Fsp3) is 0.143. The molecule has 2 nitrogen and oxygen atoms in total. The number of para-hydroxylation sites is 2. The van der Waals surface area contributed by atoms with Crippen LogP contribution in [0, 0.1) is 0 Å². The van der Waals surface area contributed by atoms with E-state index < -0.39 is 0 Å². The van der Waals surface area contributed by atoms with Crippen LogP contribution in [-0.4, -0.2) is 5.11 Å². The number of phenolic OH excluding ortho intramolecular Hbond substituents is 1. The van der Waals surface area contributed by atoms with Crippen LogP contribution in [0.15, 0.2) is 24.3 Å². The van der Waals surface area contributed by atoms with Crippen molar-refractivity contribution >= 4 is 5.69 Å². The Bertz CT molecular complexity index is 165. The van der Waals surface area contributed by atoms with Gasteiger partial charge in [0.1, 0.15) is 5.75 Å². The standard InChI is InChI=1S/C6H7NO.CH4/c7-5-3-1-2-4-6(5)8;/h1-4,8H,7H2;1H4. The molecule has 50 valence electrons. The molecule has 0 amide bonds. The molecule has 0 saturated heterocycles. The van der Waals surface area contributed by atoms with E-state index in [9.17, 15) is 0 Å². The number of benzene rings is 1. The van der Waals surface area contributed by atoms with Gasteiger partial charge in [0.15, 0.2) is 0 Å². The third-order valence-electron chi connectivity index (χ3n) is 0.937. The molecular weight excluding hydrogens is 114 g/mol. The van der Waals surface area contributed by atoms with Gasteiger partial charge in [0.25, 0.3) is 0 Å². The molecule has 0 bridgehead atoms. The zero-order valence-corrected chi connectivity index (χ0v) is 4.33. The van der Waals surface area contributed by atoms with Crippen molar-refractivity contribution in [3.05, 3.63) is 24.3 Å². The van der Waals surface area contributed by atoms with Gasteiger partial charge in [0, 0.05) is 0 Å². The first kappa shape index (κ1) is 7.82. The molecule has 0 saturated carbocycles. The number of nitrogens with two attached hydrogens (primary N) is 1. The largest absolute Gasteiger partial charge is 0.506 e. The van der Waals surface area contributed by atoms with Crippen LogP contribution < -0.4 is 5.73 Å². The summed E-state index contributed by atoms with van der Waals surface area (Å²) in [6.45, 7) is 0. The van der Waals surface area contributed by atoms with E-state index in [1.807, 2.05) is 0 Å². The van der Waals surface area contributed by atoms with Gasteiger partial charge in [-0.1, -0.05) is 19.6 Å². The summed E-state index contributed by atoms with van der Waals surface area (Å²) < 4.78 is 0. The van der Waals surface area contributed by atoms with Crippen molar-refractivity contribution < 1.29 is 5.11 Å². The van der Waals surface area contributed by atoms with Crippen LogP contribution in [0.1, 0.15) is 7.43 Å². The van der Waals surface area contributed by atoms with Crippen molar-refractivity contribution in [3.8, 4) is 5.75 Å². The normalized spacial score (nSPS) is 8.00. The minimum Gasteiger partial charge on any atom is -0.506 e. The van der Waals surface area contributed by atoms with Crippen LogP contribution in [-0.2, 0) is 0 Å². The van der Waals surface area contributed by atoms with Crippen molar-refractivity contribution in [2.24, 2.45) is 0 Å². The molecule has 9 heavy (non-hydrogen) atoms. The van der Waals surface area contributed by atoms with Crippen LogP contribution in [0.25, 0.3) is 0 Å². The summed E-state index contributed by atoms with van der Waals surface area (Å²) in [7, 11) is 0. The van der Waals surface area contributed by atoms with Gasteiger partial charge in [-0.05, 0) is 12.1 Å². The minimum atomic E-state index is 0. The maximum Gasteiger partial charge on any atom is 0.138 e. The number of nitrogen functional groups attached to an aromatic ring is 1. The summed E-state index contributed by atoms with van der Waals surface area (Å²) in [4.78, 5) is 0. The monoisotopic (exact) mass is 125 g/mol. The van der Waals surface area contributed by atoms with Crippen LogP contribution in [0.2, 0.25) is 0 Å². The number of aromatic hydroxyl groups is 1. The molecule has 1 rings (SSSR count). The second-order valence-electron chi connectivity index (χ2n) is 1.56. The van der Waals surface area contributed by atoms with Crippen molar-refractivity contribution in [1.82, 2.24) is 0 Å². The molecule has 1 aromatic rings. The van der Waals surface area contributed by atoms with E-state index in [1.54, 1.807) is 24.3 Å². The molecule has 0 aliphatic rings. The summed E-state index contributed by atoms with van der Waals surface area (Å²) in [5, 5.41) is 8.79. The summed E-state index contributed by atoms with van der Waals surface area (Å²) in [6.07, 6.45) is 0. The van der Waals surface area contributed by atoms with Gasteiger partial charge in [-0.25, -0.2) is 0 Å². The zero-order chi connectivity index (χ0) is 5.98. The van der Waals surface area contributed by atoms with Crippen LogP contribution in [0.4, 0.5) is 5.69 Å². The van der Waals surface area contributed by atoms with E-state index in [4.69, 9.17) is 10.8 Å². The third kappa shape index (κ3) is 1.64. The zero-order valence-electron chi connectivity index (χ0n) is 4.33. The number of anilines is 1. The molecular formula is C7H11NO. The molecule has 2 heteroatoms. The van der Waals surface area contributed by atoms with Crippen molar-refractivity contribution in [1.29, 1.82) is 0 Å². The number of hydrogen-bond acceptors (Lipinski definition) is 2. The van der Waals surface area contributed by atoms with Gasteiger partial charge < -0.3 is 10.8 Å². The molecule has 0 atom stereocenters. The Balaban J connectivity index is 0.000000640. The molecule has 0 aliphatic carbocycles. The molecule has 1 aromatic carbocycles. The van der Waals surface area contributed by atoms with Crippen LogP contribution >= 0.6 is 0 Å². The molecule has 0 heterocycles. The van der Waals surface area contributed by atoms with E-state index in [0.717, 1.165) is 0 Å². The lowest BCUT2D eigenvalue weighted by Gasteiger charge is -1.92. The minimum absolute atomic E-state index is 0. The Kier molecular flexibility index (Phi) is 2.58. The van der Waals surface area contributed by atoms with Crippen molar-refractivity contribution in [2.75, 3.05) is 5.73 Å². The highest BCUT2D eigenvalue weighted by Crippen LogP contribution is 2.16. The second kappa shape index (κ2) is 2.97. The lowest BCUT2D eigenvalue weighted by atomic mass is 10.3. The maximum absolute atomic E-state index is 8.79. The number of phenols is 1. The molecule has 0 fully saturated rings. The highest BCUT2D eigenvalue weighted by Gasteiger charge is 1.87. The van der Waals surface area contributed by atoms with Crippen LogP contribution in [0.5, 0.6) is 5.75 Å². The Labute approximate surface area is 54.9 Å². The lowest BCUT2D eigenvalue weighted by molar-refractivity contribution is 0.478. The molecule has 0 unspecified atom stereocenters. The Hall–Kier alpha value is -1.18. The third-order valence-corrected chi connectivity index (χ3v) is 0.937. The smallest absolute Gasteiger partial charge is 0.138 e. The molecule has 3 N–H and O–H groups in total. The Morgan fingerprint density at radius 3 is 2.11 bits per heavy atom. The summed E-state index contributed by atoms with van der Waals surface area (Å²) in [5.41, 5.74) is 5.69. The SMILES string of the molecule is C.Nc1ccccc1O. The molecule has 0 spiro atoms. The van der Waals surface area contributed by atoms with Gasteiger partial charge in [-0.3, -0.25) is 0 Å². The number of rotatable bonds is 0. The predicted molar refractivity (Wildman–Crippen MR) is 39.3 cm³/mol. The fourth-order valence-electron chi connectivity index (χ4n) is 0.488. The first-order valence-corrected chi connectivity index (χ1v) is 2.34. The van der Waals surface area contributed by atoms with Gasteiger partial charge in [0.2, 0.25) is 0 Å². The van der Waals surface area contributed by atoms with E-state index in [-0.39, 0.29) is 13.2 Å². The average Bonchev–Trinajstić information content (AvgIpc) is 1.77. The van der Waals surface area contributed by atoms with Crippen molar-refractivity contribution in [2.45, 2.75) is 7.43 Å². The molecule has 0 aliphatic heterocycles. The second-order valence-corrected chi connectivity index (χ2v) is 1.56. The van der Waals surface area contributed by atoms with Gasteiger partial charge >= 0.3 is 0 Å². The summed E-state index contributed by atoms with van der Waals surface area (Å²) in [5.74, 6) is 0.146. The summed E-state index contributed by atoms with van der Waals surface area (Å²) >= 11 is 0. The molecule has 0 aromatic heterocycles. The highest BCUT2D eigenvalue weighted by molar-refractivity contribution is 5.50. The van der Waals surface area contributed by atoms with E-state index in [0.29, 0.717) is 5.69 Å². The van der Waals surface area contributed by atoms with E-state index in [2.05, 4.69) is 0 Å². The van der Waals surface area contributed by atoms with Gasteiger partial charge in [-0.2, -0.15) is 0 Å². The van der Waals surface area contributed by atoms with Gasteiger partial charge in [0.05, 0.1) is 5.69 Å². The predicted octanol–water partition coefficient (Wildman–Crippen LogP) is 1.61. The quantitative estimate of drug-likeness (QED) is 0.408. The highest BCUT2D eigenvalue weighted by atomic mass is 16.3. The molecule has 0 radical (unpaired) electrons. The van der Waals surface area contributed by atoms with Crippen LogP contribution in [0.3, 0.4) is 0 Å². The maximum atomic E-state index is 8.79. The van der Waals surface area contributed by atoms with Gasteiger partial charge in [-0.15, -0.1) is 0 Å². The Morgan fingerprint density at radius 2 is 1.78 bits per heavy atom. The fourth-order valence-corrected chi connectivity index (χ4v) is 0.488. The Morgan fingerprint density at radius 1 is 1.22 bits per heavy atom. The first-order valence-electron chi connectivity index (χ1n) is 2.34.